The summed E-state index contributed by atoms with van der Waals surface area (Å²) in [6.45, 7) is 8.17. The van der Waals surface area contributed by atoms with Crippen molar-refractivity contribution >= 4 is 5.97 Å². The monoisotopic (exact) mass is 312 g/mol. The quantitative estimate of drug-likeness (QED) is 0.813. The van der Waals surface area contributed by atoms with E-state index < -0.39 is 5.97 Å². The van der Waals surface area contributed by atoms with Crippen LogP contribution in [0.15, 0.2) is 42.5 Å². The molecule has 2 rings (SSSR count). The molecule has 0 radical (unpaired) electrons. The smallest absolute Gasteiger partial charge is 0.335 e. The minimum absolute atomic E-state index is 0.0876. The van der Waals surface area contributed by atoms with E-state index in [2.05, 4.69) is 13.8 Å². The van der Waals surface area contributed by atoms with Gasteiger partial charge in [0, 0.05) is 5.56 Å². The molecule has 2 aromatic rings. The number of carboxylic acids is 1. The summed E-state index contributed by atoms with van der Waals surface area (Å²) in [6.07, 6.45) is 0.826. The molecule has 0 aliphatic heterocycles. The van der Waals surface area contributed by atoms with Gasteiger partial charge in [-0.1, -0.05) is 44.2 Å². The minimum Gasteiger partial charge on any atom is -0.490 e. The fraction of sp³-hybridized carbons (Fsp3) is 0.350. The van der Waals surface area contributed by atoms with Crippen LogP contribution in [-0.4, -0.2) is 17.2 Å². The lowest BCUT2D eigenvalue weighted by molar-refractivity contribution is 0.0695. The molecule has 0 spiro atoms. The largest absolute Gasteiger partial charge is 0.490 e. The van der Waals surface area contributed by atoms with E-state index in [1.807, 2.05) is 50.2 Å². The molecule has 0 amide bonds. The van der Waals surface area contributed by atoms with Gasteiger partial charge in [0.25, 0.3) is 0 Å². The molecule has 3 nitrogen and oxygen atoms in total. The van der Waals surface area contributed by atoms with Crippen molar-refractivity contribution in [1.82, 2.24) is 0 Å². The third-order valence-corrected chi connectivity index (χ3v) is 3.52. The molecular weight excluding hydrogens is 288 g/mol. The van der Waals surface area contributed by atoms with Crippen molar-refractivity contribution in [3.05, 3.63) is 53.6 Å². The van der Waals surface area contributed by atoms with Crippen LogP contribution in [0.25, 0.3) is 11.1 Å². The summed E-state index contributed by atoms with van der Waals surface area (Å²) in [5.41, 5.74) is 3.22. The first kappa shape index (κ1) is 17.1. The number of benzene rings is 2. The van der Waals surface area contributed by atoms with E-state index in [1.165, 1.54) is 0 Å². The molecule has 3 heteroatoms. The normalized spacial score (nSPS) is 11.0. The van der Waals surface area contributed by atoms with Crippen molar-refractivity contribution in [3.8, 4) is 16.9 Å². The zero-order valence-corrected chi connectivity index (χ0v) is 14.2. The lowest BCUT2D eigenvalue weighted by Gasteiger charge is -2.16. The van der Waals surface area contributed by atoms with Crippen molar-refractivity contribution in [2.24, 2.45) is 5.92 Å². The van der Waals surface area contributed by atoms with Gasteiger partial charge in [-0.15, -0.1) is 0 Å². The van der Waals surface area contributed by atoms with Gasteiger partial charge in [-0.3, -0.25) is 0 Å². The first-order valence-electron chi connectivity index (χ1n) is 8.00. The number of hydrogen-bond acceptors (Lipinski definition) is 2. The Balaban J connectivity index is 2.50. The summed E-state index contributed by atoms with van der Waals surface area (Å²) in [6, 6.07) is 13.4. The van der Waals surface area contributed by atoms with Gasteiger partial charge < -0.3 is 9.84 Å². The van der Waals surface area contributed by atoms with E-state index in [4.69, 9.17) is 4.74 Å². The predicted octanol–water partition coefficient (Wildman–Crippen LogP) is 5.04. The average Bonchev–Trinajstić information content (AvgIpc) is 2.46. The molecule has 0 bridgehead atoms. The van der Waals surface area contributed by atoms with E-state index in [0.29, 0.717) is 11.5 Å². The highest BCUT2D eigenvalue weighted by atomic mass is 16.5. The van der Waals surface area contributed by atoms with Crippen LogP contribution < -0.4 is 4.74 Å². The predicted molar refractivity (Wildman–Crippen MR) is 93.1 cm³/mol. The summed E-state index contributed by atoms with van der Waals surface area (Å²) < 4.78 is 5.88. The van der Waals surface area contributed by atoms with Crippen LogP contribution in [0, 0.1) is 5.92 Å². The zero-order chi connectivity index (χ0) is 17.0. The van der Waals surface area contributed by atoms with Crippen molar-refractivity contribution in [1.29, 1.82) is 0 Å². The van der Waals surface area contributed by atoms with E-state index >= 15 is 0 Å². The van der Waals surface area contributed by atoms with E-state index in [-0.39, 0.29) is 6.10 Å². The number of rotatable bonds is 6. The minimum atomic E-state index is -0.876. The molecule has 0 aliphatic rings. The second kappa shape index (κ2) is 7.32. The van der Waals surface area contributed by atoms with Gasteiger partial charge in [0.2, 0.25) is 0 Å². The third kappa shape index (κ3) is 4.35. The molecule has 23 heavy (non-hydrogen) atoms. The Morgan fingerprint density at radius 1 is 1.09 bits per heavy atom. The summed E-state index contributed by atoms with van der Waals surface area (Å²) in [5.74, 6) is 0.338. The molecule has 0 atom stereocenters. The molecule has 2 aromatic carbocycles. The standard InChI is InChI=1S/C20H24O3/c1-13(2)11-16-12-15(9-10-18(16)20(21)22)17-7-5-6-8-19(17)23-14(3)4/h5-10,12-14H,11H2,1-4H3,(H,21,22). The number of carbonyl (C=O) groups is 1. The first-order chi connectivity index (χ1) is 10.9. The molecule has 0 aliphatic carbocycles. The van der Waals surface area contributed by atoms with Gasteiger partial charge in [0.05, 0.1) is 11.7 Å². The highest BCUT2D eigenvalue weighted by Gasteiger charge is 2.14. The van der Waals surface area contributed by atoms with E-state index in [0.717, 1.165) is 28.9 Å². The highest BCUT2D eigenvalue weighted by Crippen LogP contribution is 2.32. The molecular formula is C20H24O3. The number of hydrogen-bond donors (Lipinski definition) is 1. The molecule has 0 saturated heterocycles. The third-order valence-electron chi connectivity index (χ3n) is 3.52. The summed E-state index contributed by atoms with van der Waals surface area (Å²) in [5, 5.41) is 9.39. The Morgan fingerprint density at radius 2 is 1.78 bits per heavy atom. The Morgan fingerprint density at radius 3 is 2.39 bits per heavy atom. The second-order valence-electron chi connectivity index (χ2n) is 6.44. The van der Waals surface area contributed by atoms with Gasteiger partial charge in [0.1, 0.15) is 5.75 Å². The first-order valence-corrected chi connectivity index (χ1v) is 8.00. The van der Waals surface area contributed by atoms with Gasteiger partial charge in [-0.25, -0.2) is 4.79 Å². The summed E-state index contributed by atoms with van der Waals surface area (Å²) >= 11 is 0. The van der Waals surface area contributed by atoms with Gasteiger partial charge in [-0.05, 0) is 49.4 Å². The maximum atomic E-state index is 11.4. The fourth-order valence-corrected chi connectivity index (χ4v) is 2.64. The average molecular weight is 312 g/mol. The van der Waals surface area contributed by atoms with Crippen LogP contribution in [0.4, 0.5) is 0 Å². The lowest BCUT2D eigenvalue weighted by Crippen LogP contribution is -2.07. The summed E-state index contributed by atoms with van der Waals surface area (Å²) in [4.78, 5) is 11.4. The van der Waals surface area contributed by atoms with E-state index in [9.17, 15) is 9.90 Å². The maximum Gasteiger partial charge on any atom is 0.335 e. The number of para-hydroxylation sites is 1. The molecule has 0 unspecified atom stereocenters. The zero-order valence-electron chi connectivity index (χ0n) is 14.2. The van der Waals surface area contributed by atoms with Gasteiger partial charge >= 0.3 is 5.97 Å². The number of carboxylic acid groups (broad SMARTS) is 1. The van der Waals surface area contributed by atoms with Crippen molar-refractivity contribution in [2.45, 2.75) is 40.2 Å². The van der Waals surface area contributed by atoms with Crippen LogP contribution in [0.5, 0.6) is 5.75 Å². The number of aromatic carboxylic acids is 1. The van der Waals surface area contributed by atoms with Crippen LogP contribution in [-0.2, 0) is 6.42 Å². The van der Waals surface area contributed by atoms with Crippen LogP contribution in [0.2, 0.25) is 0 Å². The van der Waals surface area contributed by atoms with Crippen molar-refractivity contribution < 1.29 is 14.6 Å². The molecule has 0 heterocycles. The summed E-state index contributed by atoms with van der Waals surface area (Å²) in [7, 11) is 0. The van der Waals surface area contributed by atoms with Gasteiger partial charge in [0.15, 0.2) is 0 Å². The Labute approximate surface area is 137 Å². The molecule has 0 aromatic heterocycles. The molecule has 122 valence electrons. The van der Waals surface area contributed by atoms with Crippen molar-refractivity contribution in [2.75, 3.05) is 0 Å². The Hall–Kier alpha value is -2.29. The molecule has 1 N–H and O–H groups in total. The Kier molecular flexibility index (Phi) is 5.43. The van der Waals surface area contributed by atoms with Crippen LogP contribution in [0.3, 0.4) is 0 Å². The van der Waals surface area contributed by atoms with Crippen LogP contribution >= 0.6 is 0 Å². The number of ether oxygens (including phenoxy) is 1. The molecule has 0 saturated carbocycles. The fourth-order valence-electron chi connectivity index (χ4n) is 2.64. The van der Waals surface area contributed by atoms with Gasteiger partial charge in [-0.2, -0.15) is 0 Å². The topological polar surface area (TPSA) is 46.5 Å². The van der Waals surface area contributed by atoms with Crippen LogP contribution in [0.1, 0.15) is 43.6 Å². The van der Waals surface area contributed by atoms with E-state index in [1.54, 1.807) is 6.07 Å². The molecule has 0 fully saturated rings. The highest BCUT2D eigenvalue weighted by molar-refractivity contribution is 5.90. The second-order valence-corrected chi connectivity index (χ2v) is 6.44. The lowest BCUT2D eigenvalue weighted by atomic mass is 9.93. The SMILES string of the molecule is CC(C)Cc1cc(-c2ccccc2OC(C)C)ccc1C(=O)O. The van der Waals surface area contributed by atoms with Crippen molar-refractivity contribution in [3.63, 3.8) is 0 Å². The maximum absolute atomic E-state index is 11.4. The Bertz CT molecular complexity index is 687.